The number of primary amides is 1. The largest absolute Gasteiger partial charge is 0.364 e. The van der Waals surface area contributed by atoms with E-state index in [0.717, 1.165) is 17.0 Å². The van der Waals surface area contributed by atoms with Crippen molar-refractivity contribution in [1.82, 2.24) is 4.31 Å². The fourth-order valence-electron chi connectivity index (χ4n) is 1.50. The van der Waals surface area contributed by atoms with Crippen LogP contribution in [0.5, 0.6) is 0 Å². The van der Waals surface area contributed by atoms with E-state index in [1.54, 1.807) is 11.9 Å². The summed E-state index contributed by atoms with van der Waals surface area (Å²) in [5.41, 5.74) is 6.96. The Labute approximate surface area is 93.1 Å². The SMILES string of the molecule is CCN1Sc2ccccc2C=C1C(N)=O. The van der Waals surface area contributed by atoms with Gasteiger partial charge in [-0.05, 0) is 36.6 Å². The number of amides is 1. The number of fused-ring (bicyclic) bond motifs is 1. The minimum atomic E-state index is -0.376. The molecule has 3 nitrogen and oxygen atoms in total. The quantitative estimate of drug-likeness (QED) is 0.774. The first-order valence-electron chi connectivity index (χ1n) is 4.78. The van der Waals surface area contributed by atoms with Crippen LogP contribution in [0.4, 0.5) is 0 Å². The zero-order valence-electron chi connectivity index (χ0n) is 8.43. The molecular formula is C11H12N2OS. The van der Waals surface area contributed by atoms with Crippen LogP contribution >= 0.6 is 11.9 Å². The molecular weight excluding hydrogens is 208 g/mol. The van der Waals surface area contributed by atoms with Gasteiger partial charge < -0.3 is 10.0 Å². The molecule has 1 aliphatic rings. The summed E-state index contributed by atoms with van der Waals surface area (Å²) < 4.78 is 1.91. The second-order valence-corrected chi connectivity index (χ2v) is 4.28. The number of likely N-dealkylation sites (N-methyl/N-ethyl adjacent to an activating group) is 1. The van der Waals surface area contributed by atoms with E-state index < -0.39 is 0 Å². The molecule has 1 aromatic carbocycles. The number of nitrogens with zero attached hydrogens (tertiary/aromatic N) is 1. The highest BCUT2D eigenvalue weighted by atomic mass is 32.2. The van der Waals surface area contributed by atoms with Gasteiger partial charge in [0, 0.05) is 11.4 Å². The predicted octanol–water partition coefficient (Wildman–Crippen LogP) is 1.86. The Morgan fingerprint density at radius 3 is 2.87 bits per heavy atom. The highest BCUT2D eigenvalue weighted by Crippen LogP contribution is 2.35. The van der Waals surface area contributed by atoms with Gasteiger partial charge in [0.2, 0.25) is 0 Å². The van der Waals surface area contributed by atoms with E-state index >= 15 is 0 Å². The molecule has 1 heterocycles. The molecule has 0 bridgehead atoms. The maximum atomic E-state index is 11.2. The number of carbonyl (C=O) groups is 1. The molecule has 0 atom stereocenters. The van der Waals surface area contributed by atoms with Crippen LogP contribution < -0.4 is 5.73 Å². The number of nitrogens with two attached hydrogens (primary N) is 1. The van der Waals surface area contributed by atoms with Crippen molar-refractivity contribution in [2.75, 3.05) is 6.54 Å². The van der Waals surface area contributed by atoms with Crippen molar-refractivity contribution in [1.29, 1.82) is 0 Å². The van der Waals surface area contributed by atoms with E-state index in [0.29, 0.717) is 5.70 Å². The summed E-state index contributed by atoms with van der Waals surface area (Å²) in [7, 11) is 0. The van der Waals surface area contributed by atoms with E-state index in [1.165, 1.54) is 0 Å². The number of hydrogen-bond acceptors (Lipinski definition) is 3. The van der Waals surface area contributed by atoms with Gasteiger partial charge in [-0.15, -0.1) is 0 Å². The molecule has 15 heavy (non-hydrogen) atoms. The highest BCUT2D eigenvalue weighted by molar-refractivity contribution is 7.97. The van der Waals surface area contributed by atoms with Crippen LogP contribution in [0.2, 0.25) is 0 Å². The summed E-state index contributed by atoms with van der Waals surface area (Å²) in [4.78, 5) is 12.4. The average molecular weight is 220 g/mol. The van der Waals surface area contributed by atoms with Gasteiger partial charge in [-0.2, -0.15) is 0 Å². The summed E-state index contributed by atoms with van der Waals surface area (Å²) in [5.74, 6) is -0.376. The summed E-state index contributed by atoms with van der Waals surface area (Å²) in [6.45, 7) is 2.76. The fourth-order valence-corrected chi connectivity index (χ4v) is 2.48. The van der Waals surface area contributed by atoms with Gasteiger partial charge in [0.25, 0.3) is 5.91 Å². The summed E-state index contributed by atoms with van der Waals surface area (Å²) >= 11 is 1.56. The van der Waals surface area contributed by atoms with E-state index in [1.807, 2.05) is 41.6 Å². The molecule has 78 valence electrons. The first kappa shape index (κ1) is 10.1. The highest BCUT2D eigenvalue weighted by Gasteiger charge is 2.20. The van der Waals surface area contributed by atoms with Crippen molar-refractivity contribution >= 4 is 23.9 Å². The Kier molecular flexibility index (Phi) is 2.68. The van der Waals surface area contributed by atoms with Crippen LogP contribution in [-0.2, 0) is 4.79 Å². The van der Waals surface area contributed by atoms with Crippen LogP contribution in [0.1, 0.15) is 12.5 Å². The zero-order valence-corrected chi connectivity index (χ0v) is 9.25. The van der Waals surface area contributed by atoms with Crippen molar-refractivity contribution < 1.29 is 4.79 Å². The van der Waals surface area contributed by atoms with Gasteiger partial charge in [-0.3, -0.25) is 4.79 Å². The number of hydrogen-bond donors (Lipinski definition) is 1. The molecule has 0 saturated carbocycles. The molecule has 0 saturated heterocycles. The topological polar surface area (TPSA) is 46.3 Å². The zero-order chi connectivity index (χ0) is 10.8. The average Bonchev–Trinajstić information content (AvgIpc) is 2.27. The van der Waals surface area contributed by atoms with Crippen LogP contribution in [0.3, 0.4) is 0 Å². The van der Waals surface area contributed by atoms with Gasteiger partial charge in [0.15, 0.2) is 0 Å². The Hall–Kier alpha value is -1.42. The fraction of sp³-hybridized carbons (Fsp3) is 0.182. The summed E-state index contributed by atoms with van der Waals surface area (Å²) in [5, 5.41) is 0. The van der Waals surface area contributed by atoms with Crippen molar-refractivity contribution in [3.8, 4) is 0 Å². The van der Waals surface area contributed by atoms with Gasteiger partial charge in [-0.25, -0.2) is 0 Å². The number of carbonyl (C=O) groups excluding carboxylic acids is 1. The molecule has 2 N–H and O–H groups in total. The van der Waals surface area contributed by atoms with E-state index in [-0.39, 0.29) is 5.91 Å². The Morgan fingerprint density at radius 1 is 1.47 bits per heavy atom. The molecule has 0 fully saturated rings. The standard InChI is InChI=1S/C11H12N2OS/c1-2-13-9(11(12)14)7-8-5-3-4-6-10(8)15-13/h3-7H,2H2,1H3,(H2,12,14). The van der Waals surface area contributed by atoms with E-state index in [2.05, 4.69) is 0 Å². The minimum Gasteiger partial charge on any atom is -0.364 e. The molecule has 0 aliphatic carbocycles. The van der Waals surface area contributed by atoms with Gasteiger partial charge >= 0.3 is 0 Å². The van der Waals surface area contributed by atoms with Gasteiger partial charge in [0.1, 0.15) is 5.70 Å². The second kappa shape index (κ2) is 3.98. The van der Waals surface area contributed by atoms with Crippen LogP contribution in [0.15, 0.2) is 34.9 Å². The Balaban J connectivity index is 2.46. The predicted molar refractivity (Wildman–Crippen MR) is 61.9 cm³/mol. The molecule has 2 rings (SSSR count). The van der Waals surface area contributed by atoms with Crippen molar-refractivity contribution in [2.45, 2.75) is 11.8 Å². The summed E-state index contributed by atoms with van der Waals surface area (Å²) in [6, 6.07) is 7.97. The maximum absolute atomic E-state index is 11.2. The number of rotatable bonds is 2. The monoisotopic (exact) mass is 220 g/mol. The Morgan fingerprint density at radius 2 is 2.20 bits per heavy atom. The molecule has 0 unspecified atom stereocenters. The van der Waals surface area contributed by atoms with Crippen molar-refractivity contribution in [3.63, 3.8) is 0 Å². The van der Waals surface area contributed by atoms with Crippen LogP contribution in [0, 0.1) is 0 Å². The third-order valence-electron chi connectivity index (χ3n) is 2.23. The van der Waals surface area contributed by atoms with Gasteiger partial charge in [0.05, 0.1) is 0 Å². The number of benzene rings is 1. The molecule has 0 aromatic heterocycles. The first-order valence-corrected chi connectivity index (χ1v) is 5.55. The lowest BCUT2D eigenvalue weighted by Gasteiger charge is -2.27. The third kappa shape index (κ3) is 1.85. The first-order chi connectivity index (χ1) is 7.22. The third-order valence-corrected chi connectivity index (χ3v) is 3.47. The molecule has 0 radical (unpaired) electrons. The molecule has 4 heteroatoms. The molecule has 1 aliphatic heterocycles. The smallest absolute Gasteiger partial charge is 0.265 e. The summed E-state index contributed by atoms with van der Waals surface area (Å²) in [6.07, 6.45) is 1.84. The van der Waals surface area contributed by atoms with E-state index in [9.17, 15) is 4.79 Å². The molecule has 1 amide bonds. The van der Waals surface area contributed by atoms with E-state index in [4.69, 9.17) is 5.73 Å². The normalized spacial score (nSPS) is 14.5. The molecule has 1 aromatic rings. The second-order valence-electron chi connectivity index (χ2n) is 3.22. The minimum absolute atomic E-state index is 0.376. The van der Waals surface area contributed by atoms with Crippen molar-refractivity contribution in [2.24, 2.45) is 5.73 Å². The lowest BCUT2D eigenvalue weighted by molar-refractivity contribution is -0.115. The van der Waals surface area contributed by atoms with Crippen LogP contribution in [0.25, 0.3) is 6.08 Å². The lowest BCUT2D eigenvalue weighted by Crippen LogP contribution is -2.28. The Bertz CT molecular complexity index is 428. The van der Waals surface area contributed by atoms with Crippen molar-refractivity contribution in [3.05, 3.63) is 35.5 Å². The van der Waals surface area contributed by atoms with Gasteiger partial charge in [-0.1, -0.05) is 18.2 Å². The maximum Gasteiger partial charge on any atom is 0.265 e. The van der Waals surface area contributed by atoms with Crippen LogP contribution in [-0.4, -0.2) is 16.8 Å². The lowest BCUT2D eigenvalue weighted by atomic mass is 10.2. The molecule has 0 spiro atoms.